The molecule has 21 heavy (non-hydrogen) atoms. The van der Waals surface area contributed by atoms with Crippen LogP contribution in [0.25, 0.3) is 0 Å². The van der Waals surface area contributed by atoms with Gasteiger partial charge in [0.2, 0.25) is 0 Å². The van der Waals surface area contributed by atoms with E-state index in [2.05, 4.69) is 0 Å². The lowest BCUT2D eigenvalue weighted by Gasteiger charge is -2.02. The molecule has 1 aromatic heterocycles. The number of nitro benzene ring substituents is 1. The fourth-order valence-electron chi connectivity index (χ4n) is 1.56. The summed E-state index contributed by atoms with van der Waals surface area (Å²) in [6, 6.07) is 6.56. The van der Waals surface area contributed by atoms with Crippen LogP contribution in [0.15, 0.2) is 30.3 Å². The van der Waals surface area contributed by atoms with Gasteiger partial charge in [-0.15, -0.1) is 0 Å². The number of hydrogen-bond donors (Lipinski definition) is 1. The maximum absolute atomic E-state index is 11.0. The highest BCUT2D eigenvalue weighted by atomic mass is 32.1. The molecule has 2 rings (SSSR count). The fourth-order valence-corrected chi connectivity index (χ4v) is 2.49. The third-order valence-corrected chi connectivity index (χ3v) is 3.72. The van der Waals surface area contributed by atoms with Crippen LogP contribution in [0.1, 0.15) is 17.9 Å². The summed E-state index contributed by atoms with van der Waals surface area (Å²) in [5.41, 5.74) is -0.468. The van der Waals surface area contributed by atoms with Gasteiger partial charge in [-0.3, -0.25) is 20.2 Å². The van der Waals surface area contributed by atoms with Crippen molar-refractivity contribution in [1.82, 2.24) is 0 Å². The average Bonchev–Trinajstić information content (AvgIpc) is 2.83. The van der Waals surface area contributed by atoms with Crippen LogP contribution in [-0.4, -0.2) is 15.0 Å². The van der Waals surface area contributed by atoms with Crippen molar-refractivity contribution in [3.63, 3.8) is 0 Å². The Bertz CT molecular complexity index is 697. The van der Waals surface area contributed by atoms with Crippen LogP contribution in [0, 0.1) is 20.2 Å². The first-order chi connectivity index (χ1) is 9.88. The van der Waals surface area contributed by atoms with E-state index in [0.717, 1.165) is 11.3 Å². The second kappa shape index (κ2) is 5.85. The molecule has 0 saturated heterocycles. The summed E-state index contributed by atoms with van der Waals surface area (Å²) in [6.07, 6.45) is -0.865. The number of thiophene rings is 1. The highest BCUT2D eigenvalue weighted by Gasteiger charge is 2.23. The highest BCUT2D eigenvalue weighted by molar-refractivity contribution is 7.14. The number of aliphatic hydroxyl groups is 1. The third kappa shape index (κ3) is 3.33. The number of rotatable bonds is 5. The second-order valence-electron chi connectivity index (χ2n) is 4.11. The van der Waals surface area contributed by atoms with Gasteiger partial charge >= 0.3 is 5.69 Å². The van der Waals surface area contributed by atoms with Crippen LogP contribution in [0.2, 0.25) is 0 Å². The summed E-state index contributed by atoms with van der Waals surface area (Å²) < 4.78 is 5.35. The average molecular weight is 310 g/mol. The van der Waals surface area contributed by atoms with Crippen molar-refractivity contribution in [1.29, 1.82) is 0 Å². The molecule has 0 aliphatic rings. The molecule has 0 saturated carbocycles. The zero-order chi connectivity index (χ0) is 15.6. The largest absolute Gasteiger partial charge is 0.440 e. The van der Waals surface area contributed by atoms with Crippen LogP contribution in [0.3, 0.4) is 0 Å². The second-order valence-corrected chi connectivity index (χ2v) is 5.16. The topological polar surface area (TPSA) is 116 Å². The first-order valence-electron chi connectivity index (χ1n) is 5.77. The number of nitrogens with zero attached hydrogens (tertiary/aromatic N) is 2. The standard InChI is InChI=1S/C12H10N2O6S/c1-7(15)11-6-10(14(18)19)12(21-11)20-9-4-2-3-8(5-9)13(16)17/h2-7,15H,1H3. The zero-order valence-corrected chi connectivity index (χ0v) is 11.6. The summed E-state index contributed by atoms with van der Waals surface area (Å²) in [5, 5.41) is 31.1. The molecule has 0 bridgehead atoms. The molecule has 0 radical (unpaired) electrons. The van der Waals surface area contributed by atoms with Gasteiger partial charge in [0, 0.05) is 17.0 Å². The van der Waals surface area contributed by atoms with E-state index in [1.165, 1.54) is 37.3 Å². The molecule has 0 spiro atoms. The van der Waals surface area contributed by atoms with Crippen LogP contribution >= 0.6 is 11.3 Å². The number of ether oxygens (including phenoxy) is 1. The summed E-state index contributed by atoms with van der Waals surface area (Å²) in [4.78, 5) is 20.8. The molecule has 0 fully saturated rings. The lowest BCUT2D eigenvalue weighted by molar-refractivity contribution is -0.385. The van der Waals surface area contributed by atoms with Crippen molar-refractivity contribution < 1.29 is 19.7 Å². The van der Waals surface area contributed by atoms with Crippen molar-refractivity contribution in [2.75, 3.05) is 0 Å². The summed E-state index contributed by atoms with van der Waals surface area (Å²) in [7, 11) is 0. The molecule has 1 N–H and O–H groups in total. The minimum absolute atomic E-state index is 0.0311. The SMILES string of the molecule is CC(O)c1cc([N+](=O)[O-])c(Oc2cccc([N+](=O)[O-])c2)s1. The van der Waals surface area contributed by atoms with Crippen molar-refractivity contribution >= 4 is 22.7 Å². The maximum atomic E-state index is 11.0. The van der Waals surface area contributed by atoms with Gasteiger partial charge in [0.15, 0.2) is 0 Å². The van der Waals surface area contributed by atoms with E-state index in [0.29, 0.717) is 4.88 Å². The van der Waals surface area contributed by atoms with E-state index in [9.17, 15) is 25.3 Å². The van der Waals surface area contributed by atoms with Gasteiger partial charge < -0.3 is 9.84 Å². The van der Waals surface area contributed by atoms with Gasteiger partial charge in [0.25, 0.3) is 10.8 Å². The quantitative estimate of drug-likeness (QED) is 0.668. The smallest absolute Gasteiger partial charge is 0.323 e. The number of hydrogen-bond acceptors (Lipinski definition) is 7. The number of aliphatic hydroxyl groups excluding tert-OH is 1. The van der Waals surface area contributed by atoms with Gasteiger partial charge in [0.05, 0.1) is 22.0 Å². The molecule has 8 nitrogen and oxygen atoms in total. The van der Waals surface area contributed by atoms with Gasteiger partial charge in [-0.1, -0.05) is 17.4 Å². The maximum Gasteiger partial charge on any atom is 0.323 e. The van der Waals surface area contributed by atoms with Crippen LogP contribution in [-0.2, 0) is 0 Å². The monoisotopic (exact) mass is 310 g/mol. The lowest BCUT2D eigenvalue weighted by atomic mass is 10.3. The van der Waals surface area contributed by atoms with E-state index < -0.39 is 16.0 Å². The molecule has 0 aliphatic carbocycles. The molecule has 9 heteroatoms. The molecule has 1 aromatic carbocycles. The molecule has 0 amide bonds. The molecule has 2 aromatic rings. The molecular formula is C12H10N2O6S. The number of nitro groups is 2. The van der Waals surface area contributed by atoms with Gasteiger partial charge in [-0.2, -0.15) is 0 Å². The van der Waals surface area contributed by atoms with Gasteiger partial charge in [-0.05, 0) is 13.0 Å². The Labute approximate surface area is 122 Å². The van der Waals surface area contributed by atoms with Crippen LogP contribution < -0.4 is 4.74 Å². The Kier molecular flexibility index (Phi) is 4.15. The van der Waals surface area contributed by atoms with E-state index in [-0.39, 0.29) is 22.2 Å². The van der Waals surface area contributed by atoms with Gasteiger partial charge in [-0.25, -0.2) is 0 Å². The lowest BCUT2D eigenvalue weighted by Crippen LogP contribution is -1.91. The third-order valence-electron chi connectivity index (χ3n) is 2.55. The Hall–Kier alpha value is -2.52. The van der Waals surface area contributed by atoms with Crippen LogP contribution in [0.4, 0.5) is 11.4 Å². The highest BCUT2D eigenvalue weighted by Crippen LogP contribution is 2.42. The fraction of sp³-hybridized carbons (Fsp3) is 0.167. The van der Waals surface area contributed by atoms with E-state index in [1.807, 2.05) is 0 Å². The summed E-state index contributed by atoms with van der Waals surface area (Å²) in [5.74, 6) is 0.117. The van der Waals surface area contributed by atoms with Crippen molar-refractivity contribution in [3.8, 4) is 10.8 Å². The van der Waals surface area contributed by atoms with Gasteiger partial charge in [0.1, 0.15) is 5.75 Å². The van der Waals surface area contributed by atoms with E-state index in [4.69, 9.17) is 4.74 Å². The predicted molar refractivity (Wildman–Crippen MR) is 74.8 cm³/mol. The van der Waals surface area contributed by atoms with E-state index >= 15 is 0 Å². The van der Waals surface area contributed by atoms with Crippen molar-refractivity contribution in [2.45, 2.75) is 13.0 Å². The Morgan fingerprint density at radius 1 is 1.24 bits per heavy atom. The van der Waals surface area contributed by atoms with Crippen LogP contribution in [0.5, 0.6) is 10.8 Å². The molecule has 1 atom stereocenters. The Balaban J connectivity index is 2.36. The molecule has 0 aliphatic heterocycles. The van der Waals surface area contributed by atoms with Crippen molar-refractivity contribution in [2.24, 2.45) is 0 Å². The summed E-state index contributed by atoms with van der Waals surface area (Å²) >= 11 is 0.921. The zero-order valence-electron chi connectivity index (χ0n) is 10.8. The normalized spacial score (nSPS) is 11.9. The minimum atomic E-state index is -0.865. The molecule has 110 valence electrons. The first-order valence-corrected chi connectivity index (χ1v) is 6.58. The Morgan fingerprint density at radius 2 is 1.95 bits per heavy atom. The first kappa shape index (κ1) is 14.9. The molecule has 1 heterocycles. The molecule has 1 unspecified atom stereocenters. The molecular weight excluding hydrogens is 300 g/mol. The summed E-state index contributed by atoms with van der Waals surface area (Å²) in [6.45, 7) is 1.48. The predicted octanol–water partition coefficient (Wildman–Crippen LogP) is 3.41. The van der Waals surface area contributed by atoms with E-state index in [1.54, 1.807) is 0 Å². The van der Waals surface area contributed by atoms with Crippen molar-refractivity contribution in [3.05, 3.63) is 55.4 Å². The Morgan fingerprint density at radius 3 is 2.52 bits per heavy atom. The number of non-ortho nitro benzene ring substituents is 1. The number of benzene rings is 1. The minimum Gasteiger partial charge on any atom is -0.440 e.